The number of carboxylic acids is 1. The Hall–Kier alpha value is -2.88. The zero-order chi connectivity index (χ0) is 17.8. The van der Waals surface area contributed by atoms with Crippen LogP contribution in [0.1, 0.15) is 41.4 Å². The summed E-state index contributed by atoms with van der Waals surface area (Å²) in [6, 6.07) is 15.2. The second kappa shape index (κ2) is 7.34. The minimum Gasteiger partial charge on any atom is -0.478 e. The number of aryl methyl sites for hydroxylation is 2. The lowest BCUT2D eigenvalue weighted by molar-refractivity contribution is 0.0698. The summed E-state index contributed by atoms with van der Waals surface area (Å²) in [6.07, 6.45) is 3.34. The van der Waals surface area contributed by atoms with Gasteiger partial charge in [0.25, 0.3) is 0 Å². The predicted octanol–water partition coefficient (Wildman–Crippen LogP) is 5.33. The molecular formula is C21H22N2O2. The number of nitrogens with one attached hydrogen (secondary N) is 1. The fourth-order valence-corrected chi connectivity index (χ4v) is 2.97. The van der Waals surface area contributed by atoms with E-state index in [0.29, 0.717) is 5.69 Å². The third-order valence-electron chi connectivity index (χ3n) is 4.25. The first-order valence-electron chi connectivity index (χ1n) is 8.58. The third-order valence-corrected chi connectivity index (χ3v) is 4.25. The van der Waals surface area contributed by atoms with Gasteiger partial charge in [0.15, 0.2) is 0 Å². The molecule has 0 aliphatic carbocycles. The van der Waals surface area contributed by atoms with Gasteiger partial charge in [0.1, 0.15) is 0 Å². The molecule has 3 aromatic rings. The van der Waals surface area contributed by atoms with Crippen molar-refractivity contribution in [1.29, 1.82) is 0 Å². The van der Waals surface area contributed by atoms with E-state index in [4.69, 9.17) is 0 Å². The van der Waals surface area contributed by atoms with E-state index < -0.39 is 5.97 Å². The van der Waals surface area contributed by atoms with Crippen LogP contribution in [0.15, 0.2) is 48.5 Å². The van der Waals surface area contributed by atoms with Crippen molar-refractivity contribution in [3.63, 3.8) is 0 Å². The number of aromatic carboxylic acids is 1. The van der Waals surface area contributed by atoms with Crippen LogP contribution in [0.2, 0.25) is 0 Å². The van der Waals surface area contributed by atoms with E-state index in [1.807, 2.05) is 25.1 Å². The van der Waals surface area contributed by atoms with Crippen LogP contribution < -0.4 is 5.32 Å². The molecule has 128 valence electrons. The van der Waals surface area contributed by atoms with Gasteiger partial charge in [-0.15, -0.1) is 0 Å². The Bertz CT molecular complexity index is 919. The number of fused-ring (bicyclic) bond motifs is 1. The Morgan fingerprint density at radius 2 is 1.92 bits per heavy atom. The molecule has 1 heterocycles. The van der Waals surface area contributed by atoms with E-state index in [-0.39, 0.29) is 5.56 Å². The fraction of sp³-hybridized carbons (Fsp3) is 0.238. The zero-order valence-electron chi connectivity index (χ0n) is 14.5. The smallest absolute Gasteiger partial charge is 0.337 e. The number of para-hydroxylation sites is 1. The van der Waals surface area contributed by atoms with Crippen LogP contribution in [0.5, 0.6) is 0 Å². The molecule has 0 unspecified atom stereocenters. The summed E-state index contributed by atoms with van der Waals surface area (Å²) < 4.78 is 0. The molecule has 2 aromatic carbocycles. The SMILES string of the molecule is CCCCc1ccc2nc(C)cc(Nc3ccccc3C(=O)O)c2c1. The van der Waals surface area contributed by atoms with E-state index in [1.165, 1.54) is 5.56 Å². The molecule has 25 heavy (non-hydrogen) atoms. The monoisotopic (exact) mass is 334 g/mol. The van der Waals surface area contributed by atoms with Crippen LogP contribution in [0.25, 0.3) is 10.9 Å². The highest BCUT2D eigenvalue weighted by Crippen LogP contribution is 2.29. The van der Waals surface area contributed by atoms with Crippen molar-refractivity contribution in [3.05, 3.63) is 65.4 Å². The number of carboxylic acid groups (broad SMARTS) is 1. The lowest BCUT2D eigenvalue weighted by atomic mass is 10.0. The molecule has 0 amide bonds. The van der Waals surface area contributed by atoms with Gasteiger partial charge in [-0.1, -0.05) is 31.5 Å². The minimum absolute atomic E-state index is 0.257. The summed E-state index contributed by atoms with van der Waals surface area (Å²) in [5, 5.41) is 13.7. The maximum absolute atomic E-state index is 11.5. The number of hydrogen-bond acceptors (Lipinski definition) is 3. The van der Waals surface area contributed by atoms with E-state index in [9.17, 15) is 9.90 Å². The summed E-state index contributed by atoms with van der Waals surface area (Å²) >= 11 is 0. The van der Waals surface area contributed by atoms with Gasteiger partial charge in [-0.2, -0.15) is 0 Å². The number of unbranched alkanes of at least 4 members (excludes halogenated alkanes) is 1. The molecule has 1 aromatic heterocycles. The van der Waals surface area contributed by atoms with Gasteiger partial charge in [-0.25, -0.2) is 4.79 Å². The highest BCUT2D eigenvalue weighted by molar-refractivity contribution is 5.98. The van der Waals surface area contributed by atoms with Gasteiger partial charge in [0, 0.05) is 16.8 Å². The summed E-state index contributed by atoms with van der Waals surface area (Å²) in [5.41, 5.74) is 4.80. The average Bonchev–Trinajstić information content (AvgIpc) is 2.60. The van der Waals surface area contributed by atoms with Crippen molar-refractivity contribution in [1.82, 2.24) is 4.98 Å². The lowest BCUT2D eigenvalue weighted by Gasteiger charge is -2.14. The van der Waals surface area contributed by atoms with E-state index in [1.54, 1.807) is 18.2 Å². The molecule has 0 atom stereocenters. The van der Waals surface area contributed by atoms with Crippen molar-refractivity contribution in [3.8, 4) is 0 Å². The van der Waals surface area contributed by atoms with Crippen molar-refractivity contribution in [2.75, 3.05) is 5.32 Å². The van der Waals surface area contributed by atoms with Crippen molar-refractivity contribution in [2.45, 2.75) is 33.1 Å². The summed E-state index contributed by atoms with van der Waals surface area (Å²) in [7, 11) is 0. The van der Waals surface area contributed by atoms with Crippen LogP contribution in [0, 0.1) is 6.92 Å². The van der Waals surface area contributed by atoms with E-state index in [0.717, 1.165) is 41.5 Å². The summed E-state index contributed by atoms with van der Waals surface area (Å²) in [4.78, 5) is 16.1. The maximum atomic E-state index is 11.5. The topological polar surface area (TPSA) is 62.2 Å². The molecule has 0 fully saturated rings. The number of aromatic nitrogens is 1. The molecule has 4 nitrogen and oxygen atoms in total. The quantitative estimate of drug-likeness (QED) is 0.640. The van der Waals surface area contributed by atoms with Crippen LogP contribution in [0.4, 0.5) is 11.4 Å². The number of rotatable bonds is 6. The number of anilines is 2. The predicted molar refractivity (Wildman–Crippen MR) is 102 cm³/mol. The first-order chi connectivity index (χ1) is 12.1. The van der Waals surface area contributed by atoms with Crippen molar-refractivity contribution >= 4 is 28.2 Å². The van der Waals surface area contributed by atoms with Gasteiger partial charge in [-0.3, -0.25) is 4.98 Å². The van der Waals surface area contributed by atoms with Crippen LogP contribution >= 0.6 is 0 Å². The molecule has 0 bridgehead atoms. The molecule has 0 saturated heterocycles. The first kappa shape index (κ1) is 17.0. The molecule has 2 N–H and O–H groups in total. The molecule has 0 spiro atoms. The highest BCUT2D eigenvalue weighted by atomic mass is 16.4. The molecular weight excluding hydrogens is 312 g/mol. The Balaban J connectivity index is 2.07. The Morgan fingerprint density at radius 3 is 2.68 bits per heavy atom. The molecule has 0 saturated carbocycles. The standard InChI is InChI=1S/C21H22N2O2/c1-3-4-7-15-10-11-19-17(13-15)20(12-14(2)22-19)23-18-9-6-5-8-16(18)21(24)25/h5-6,8-13H,3-4,7H2,1-2H3,(H,22,23)(H,24,25). The van der Waals surface area contributed by atoms with Crippen LogP contribution in [0.3, 0.4) is 0 Å². The summed E-state index contributed by atoms with van der Waals surface area (Å²) in [6.45, 7) is 4.13. The van der Waals surface area contributed by atoms with Gasteiger partial charge in [-0.05, 0) is 55.7 Å². The molecule has 0 radical (unpaired) electrons. The highest BCUT2D eigenvalue weighted by Gasteiger charge is 2.11. The number of hydrogen-bond donors (Lipinski definition) is 2. The Kier molecular flexibility index (Phi) is 4.98. The second-order valence-electron chi connectivity index (χ2n) is 6.24. The van der Waals surface area contributed by atoms with Crippen molar-refractivity contribution < 1.29 is 9.90 Å². The normalized spacial score (nSPS) is 10.8. The number of carbonyl (C=O) groups is 1. The Morgan fingerprint density at radius 1 is 1.12 bits per heavy atom. The zero-order valence-corrected chi connectivity index (χ0v) is 14.5. The van der Waals surface area contributed by atoms with Crippen LogP contribution in [-0.4, -0.2) is 16.1 Å². The summed E-state index contributed by atoms with van der Waals surface area (Å²) in [5.74, 6) is -0.943. The second-order valence-corrected chi connectivity index (χ2v) is 6.24. The van der Waals surface area contributed by atoms with Crippen molar-refractivity contribution in [2.24, 2.45) is 0 Å². The molecule has 0 aliphatic heterocycles. The van der Waals surface area contributed by atoms with Gasteiger partial charge in [0.2, 0.25) is 0 Å². The Labute approximate surface area is 147 Å². The number of benzene rings is 2. The lowest BCUT2D eigenvalue weighted by Crippen LogP contribution is -2.03. The largest absolute Gasteiger partial charge is 0.478 e. The molecule has 0 aliphatic rings. The molecule has 4 heteroatoms. The van der Waals surface area contributed by atoms with E-state index in [2.05, 4.69) is 29.4 Å². The maximum Gasteiger partial charge on any atom is 0.337 e. The molecule has 3 rings (SSSR count). The number of nitrogens with zero attached hydrogens (tertiary/aromatic N) is 1. The van der Waals surface area contributed by atoms with Gasteiger partial charge < -0.3 is 10.4 Å². The van der Waals surface area contributed by atoms with Crippen LogP contribution in [-0.2, 0) is 6.42 Å². The van der Waals surface area contributed by atoms with E-state index >= 15 is 0 Å². The fourth-order valence-electron chi connectivity index (χ4n) is 2.97. The number of pyridine rings is 1. The minimum atomic E-state index is -0.943. The average molecular weight is 334 g/mol. The first-order valence-corrected chi connectivity index (χ1v) is 8.58. The van der Waals surface area contributed by atoms with Gasteiger partial charge in [0.05, 0.1) is 16.8 Å². The van der Waals surface area contributed by atoms with Gasteiger partial charge >= 0.3 is 5.97 Å². The third kappa shape index (κ3) is 3.79.